The van der Waals surface area contributed by atoms with Gasteiger partial charge in [0.05, 0.1) is 18.2 Å². The fourth-order valence-corrected chi connectivity index (χ4v) is 7.04. The van der Waals surface area contributed by atoms with Crippen LogP contribution in [-0.4, -0.2) is 59.7 Å². The lowest BCUT2D eigenvalue weighted by molar-refractivity contribution is -0.125. The number of fused-ring (bicyclic) bond motifs is 1. The molecule has 1 fully saturated rings. The van der Waals surface area contributed by atoms with Crippen molar-refractivity contribution >= 4 is 50.9 Å². The molecule has 3 aliphatic rings. The molecule has 0 aromatic carbocycles. The van der Waals surface area contributed by atoms with Gasteiger partial charge in [0.25, 0.3) is 5.91 Å². The van der Waals surface area contributed by atoms with Crippen molar-refractivity contribution in [3.63, 3.8) is 0 Å². The number of methoxy groups -OCH3 is 1. The largest absolute Gasteiger partial charge is 0.465 e. The van der Waals surface area contributed by atoms with Gasteiger partial charge in [-0.1, -0.05) is 25.1 Å². The van der Waals surface area contributed by atoms with Crippen molar-refractivity contribution in [3.05, 3.63) is 27.3 Å². The van der Waals surface area contributed by atoms with Crippen molar-refractivity contribution in [1.82, 2.24) is 4.90 Å². The summed E-state index contributed by atoms with van der Waals surface area (Å²) < 4.78 is 5.05. The molecule has 184 valence electrons. The van der Waals surface area contributed by atoms with Crippen LogP contribution in [0.4, 0.5) is 5.00 Å². The smallest absolute Gasteiger partial charge is 0.341 e. The number of nitrogens with one attached hydrogen (secondary N) is 1. The van der Waals surface area contributed by atoms with E-state index in [2.05, 4.69) is 10.3 Å². The van der Waals surface area contributed by atoms with E-state index in [0.29, 0.717) is 40.8 Å². The normalized spacial score (nSPS) is 21.5. The molecule has 0 spiro atoms. The van der Waals surface area contributed by atoms with E-state index in [9.17, 15) is 14.4 Å². The number of hydrogen-bond donors (Lipinski definition) is 2. The van der Waals surface area contributed by atoms with Crippen LogP contribution in [0.25, 0.3) is 0 Å². The Kier molecular flexibility index (Phi) is 7.98. The van der Waals surface area contributed by atoms with E-state index in [1.54, 1.807) is 4.90 Å². The molecule has 0 saturated carbocycles. The third-order valence-electron chi connectivity index (χ3n) is 6.39. The number of nitrogens with two attached hydrogens (primary N) is 1. The molecule has 0 radical (unpaired) electrons. The number of aryl methyl sites for hydroxylation is 1. The Labute approximate surface area is 208 Å². The molecule has 0 bridgehead atoms. The highest BCUT2D eigenvalue weighted by atomic mass is 32.2. The van der Waals surface area contributed by atoms with Crippen LogP contribution in [0.3, 0.4) is 0 Å². The molecule has 3 N–H and O–H groups in total. The van der Waals surface area contributed by atoms with Gasteiger partial charge < -0.3 is 20.7 Å². The quantitative estimate of drug-likeness (QED) is 0.453. The zero-order chi connectivity index (χ0) is 24.2. The molecule has 2 amide bonds. The first-order valence-electron chi connectivity index (χ1n) is 12.0. The standard InChI is InChI=1S/C24H32N4O4S2/c1-3-11-26-21-17(23(30)28-12-7-8-13-28)18(25)19(34-21)20(29)27-22-16(24(31)32-2)14-9-5-4-6-10-15(14)33-22/h19H,3-13,25H2,1-2H3,(H,27,29)/t19-/m0/s1. The summed E-state index contributed by atoms with van der Waals surface area (Å²) >= 11 is 2.66. The highest BCUT2D eigenvalue weighted by Crippen LogP contribution is 2.40. The van der Waals surface area contributed by atoms with Gasteiger partial charge in [0.15, 0.2) is 0 Å². The van der Waals surface area contributed by atoms with Gasteiger partial charge in [0, 0.05) is 30.2 Å². The first-order valence-corrected chi connectivity index (χ1v) is 13.7. The Balaban J connectivity index is 1.63. The lowest BCUT2D eigenvalue weighted by Gasteiger charge is -2.16. The van der Waals surface area contributed by atoms with Gasteiger partial charge in [-0.05, 0) is 50.5 Å². The predicted molar refractivity (Wildman–Crippen MR) is 137 cm³/mol. The molecule has 1 saturated heterocycles. The van der Waals surface area contributed by atoms with Crippen LogP contribution in [0.15, 0.2) is 16.3 Å². The minimum atomic E-state index is -0.774. The van der Waals surface area contributed by atoms with Crippen LogP contribution in [0.2, 0.25) is 0 Å². The van der Waals surface area contributed by atoms with Crippen molar-refractivity contribution in [2.75, 3.05) is 32.1 Å². The fourth-order valence-electron chi connectivity index (χ4n) is 4.63. The van der Waals surface area contributed by atoms with E-state index in [1.165, 1.54) is 30.2 Å². The summed E-state index contributed by atoms with van der Waals surface area (Å²) in [5.74, 6) is -0.935. The van der Waals surface area contributed by atoms with Crippen LogP contribution in [0.5, 0.6) is 0 Å². The minimum absolute atomic E-state index is 0.147. The predicted octanol–water partition coefficient (Wildman–Crippen LogP) is 3.50. The minimum Gasteiger partial charge on any atom is -0.465 e. The number of anilines is 1. The van der Waals surface area contributed by atoms with Gasteiger partial charge in [0.2, 0.25) is 5.91 Å². The monoisotopic (exact) mass is 504 g/mol. The Morgan fingerprint density at radius 1 is 1.15 bits per heavy atom. The molecule has 1 atom stereocenters. The molecule has 1 aromatic rings. The molecule has 1 aliphatic carbocycles. The van der Waals surface area contributed by atoms with Gasteiger partial charge in [-0.2, -0.15) is 0 Å². The average molecular weight is 505 g/mol. The highest BCUT2D eigenvalue weighted by Gasteiger charge is 2.40. The summed E-state index contributed by atoms with van der Waals surface area (Å²) in [5, 5.41) is 3.21. The van der Waals surface area contributed by atoms with Crippen molar-refractivity contribution < 1.29 is 19.1 Å². The molecule has 0 unspecified atom stereocenters. The number of nitrogens with zero attached hydrogens (tertiary/aromatic N) is 2. The molecular weight excluding hydrogens is 472 g/mol. The first-order chi connectivity index (χ1) is 16.5. The van der Waals surface area contributed by atoms with Crippen molar-refractivity contribution in [2.45, 2.75) is 63.5 Å². The van der Waals surface area contributed by atoms with Crippen LogP contribution < -0.4 is 11.1 Å². The van der Waals surface area contributed by atoms with E-state index < -0.39 is 11.2 Å². The molecule has 2 aliphatic heterocycles. The third-order valence-corrected chi connectivity index (χ3v) is 8.85. The number of carbonyl (C=O) groups excluding carboxylic acids is 3. The maximum absolute atomic E-state index is 13.4. The van der Waals surface area contributed by atoms with E-state index in [4.69, 9.17) is 10.5 Å². The molecule has 10 heteroatoms. The van der Waals surface area contributed by atoms with Gasteiger partial charge >= 0.3 is 5.97 Å². The number of aliphatic imine (C=N–C) groups is 1. The summed E-state index contributed by atoms with van der Waals surface area (Å²) in [6, 6.07) is 0. The zero-order valence-corrected chi connectivity index (χ0v) is 21.4. The van der Waals surface area contributed by atoms with Crippen molar-refractivity contribution in [2.24, 2.45) is 10.7 Å². The maximum atomic E-state index is 13.4. The van der Waals surface area contributed by atoms with Gasteiger partial charge in [0.1, 0.15) is 15.3 Å². The number of hydrogen-bond acceptors (Lipinski definition) is 8. The number of rotatable bonds is 6. The molecule has 4 rings (SSSR count). The fraction of sp³-hybridized carbons (Fsp3) is 0.583. The lowest BCUT2D eigenvalue weighted by atomic mass is 10.1. The summed E-state index contributed by atoms with van der Waals surface area (Å²) in [4.78, 5) is 46.7. The summed E-state index contributed by atoms with van der Waals surface area (Å²) in [6.45, 7) is 3.96. The summed E-state index contributed by atoms with van der Waals surface area (Å²) in [5.41, 5.74) is 8.48. The second-order valence-electron chi connectivity index (χ2n) is 8.76. The molecular formula is C24H32N4O4S2. The van der Waals surface area contributed by atoms with Gasteiger partial charge in [-0.25, -0.2) is 4.79 Å². The van der Waals surface area contributed by atoms with Gasteiger partial charge in [-0.15, -0.1) is 11.3 Å². The maximum Gasteiger partial charge on any atom is 0.341 e. The highest BCUT2D eigenvalue weighted by molar-refractivity contribution is 8.16. The van der Waals surface area contributed by atoms with Crippen LogP contribution in [0.1, 0.15) is 66.2 Å². The van der Waals surface area contributed by atoms with Crippen LogP contribution >= 0.6 is 23.1 Å². The number of thiophene rings is 1. The molecule has 1 aromatic heterocycles. The Bertz CT molecular complexity index is 1040. The zero-order valence-electron chi connectivity index (χ0n) is 19.8. The first kappa shape index (κ1) is 24.8. The number of likely N-dealkylation sites (tertiary alicyclic amines) is 1. The Morgan fingerprint density at radius 3 is 2.59 bits per heavy atom. The van der Waals surface area contributed by atoms with Crippen molar-refractivity contribution in [3.8, 4) is 0 Å². The van der Waals surface area contributed by atoms with Crippen LogP contribution in [0, 0.1) is 0 Å². The van der Waals surface area contributed by atoms with E-state index in [-0.39, 0.29) is 17.5 Å². The number of esters is 1. The molecule has 34 heavy (non-hydrogen) atoms. The topological polar surface area (TPSA) is 114 Å². The van der Waals surface area contributed by atoms with Crippen LogP contribution in [-0.2, 0) is 27.2 Å². The van der Waals surface area contributed by atoms with E-state index in [1.807, 2.05) is 6.92 Å². The summed E-state index contributed by atoms with van der Waals surface area (Å²) in [6.07, 6.45) is 7.65. The average Bonchev–Trinajstić information content (AvgIpc) is 3.51. The SMILES string of the molecule is CCCN=C1S[C@H](C(=O)Nc2sc3c(c2C(=O)OC)CCCCC3)C(N)=C1C(=O)N1CCCC1. The Morgan fingerprint density at radius 2 is 1.88 bits per heavy atom. The van der Waals surface area contributed by atoms with Gasteiger partial charge in [-0.3, -0.25) is 14.6 Å². The second-order valence-corrected chi connectivity index (χ2v) is 11.0. The third kappa shape index (κ3) is 4.88. The number of thioether (sulfide) groups is 1. The van der Waals surface area contributed by atoms with E-state index in [0.717, 1.165) is 61.8 Å². The van der Waals surface area contributed by atoms with Crippen molar-refractivity contribution in [1.29, 1.82) is 0 Å². The summed E-state index contributed by atoms with van der Waals surface area (Å²) in [7, 11) is 1.36. The van der Waals surface area contributed by atoms with E-state index >= 15 is 0 Å². The number of amides is 2. The number of carbonyl (C=O) groups is 3. The second kappa shape index (κ2) is 10.9. The number of ether oxygens (including phenoxy) is 1. The molecule has 8 nitrogen and oxygen atoms in total. The lowest BCUT2D eigenvalue weighted by Crippen LogP contribution is -2.33. The molecule has 3 heterocycles. The Hall–Kier alpha value is -2.33.